The monoisotopic (exact) mass is 747 g/mol. The molecule has 1 aliphatic carbocycles. The van der Waals surface area contributed by atoms with Gasteiger partial charge >= 0.3 is 18.0 Å². The van der Waals surface area contributed by atoms with Crippen molar-refractivity contribution >= 4 is 32.0 Å². The molecule has 1 unspecified atom stereocenters. The van der Waals surface area contributed by atoms with Gasteiger partial charge in [0, 0.05) is 19.6 Å². The van der Waals surface area contributed by atoms with E-state index in [-0.39, 0.29) is 38.9 Å². The van der Waals surface area contributed by atoms with Crippen LogP contribution in [0, 0.1) is 17.2 Å². The number of anilines is 1. The van der Waals surface area contributed by atoms with E-state index in [1.165, 1.54) is 14.2 Å². The smallest absolute Gasteiger partial charge is 0.414 e. The van der Waals surface area contributed by atoms with E-state index in [9.17, 15) is 19.6 Å². The minimum Gasteiger partial charge on any atom is -0.467 e. The number of hydrogen-bond donors (Lipinski definition) is 0. The summed E-state index contributed by atoms with van der Waals surface area (Å²) in [5, 5.41) is 13.5. The molecule has 0 N–H and O–H groups in total. The fraction of sp³-hybridized carbons (Fsp3) is 0.610. The Morgan fingerprint density at radius 2 is 1.55 bits per heavy atom. The first-order valence-corrected chi connectivity index (χ1v) is 21.1. The van der Waals surface area contributed by atoms with E-state index >= 15 is 0 Å². The number of rotatable bonds is 12. The summed E-state index contributed by atoms with van der Waals surface area (Å²) >= 11 is 0. The first-order valence-electron chi connectivity index (χ1n) is 19.0. The maximum absolute atomic E-state index is 14.7. The van der Waals surface area contributed by atoms with Crippen LogP contribution in [0.5, 0.6) is 0 Å². The van der Waals surface area contributed by atoms with Gasteiger partial charge in [0.25, 0.3) is 0 Å². The van der Waals surface area contributed by atoms with Gasteiger partial charge in [0.05, 0.1) is 49.6 Å². The largest absolute Gasteiger partial charge is 0.467 e. The summed E-state index contributed by atoms with van der Waals surface area (Å²) in [5.41, 5.74) is -0.524. The highest BCUT2D eigenvalue weighted by molar-refractivity contribution is 6.77. The molecule has 1 amide bonds. The highest BCUT2D eigenvalue weighted by Crippen LogP contribution is 2.64. The topological polar surface area (TPSA) is 128 Å². The van der Waals surface area contributed by atoms with E-state index in [0.717, 1.165) is 5.56 Å². The molecule has 5 atom stereocenters. The summed E-state index contributed by atoms with van der Waals surface area (Å²) in [4.78, 5) is 49.8. The molecule has 5 rings (SSSR count). The molecule has 12 heteroatoms. The van der Waals surface area contributed by atoms with E-state index in [1.807, 2.05) is 59.7 Å². The number of benzene rings is 2. The summed E-state index contributed by atoms with van der Waals surface area (Å²) in [5.74, 6) is -2.04. The lowest BCUT2D eigenvalue weighted by Crippen LogP contribution is -2.70. The van der Waals surface area contributed by atoms with Crippen LogP contribution >= 0.6 is 0 Å². The number of carbonyl (C=O) groups excluding carboxylic acids is 3. The van der Waals surface area contributed by atoms with Gasteiger partial charge in [-0.05, 0) is 66.4 Å². The SMILES string of the molecule is CCOC(=O)[C@H]1C[C@]2(CC[C@@]13N(C(=O)OC)c1ccccc1[C@@]3(C#N)CCO[Si](C(C)C)(C(C)C)C(C)C)CC(C(=O)OC)ON2Cc1ccccc1. The van der Waals surface area contributed by atoms with Gasteiger partial charge in [-0.2, -0.15) is 10.3 Å². The average molecular weight is 748 g/mol. The second-order valence-electron chi connectivity index (χ2n) is 15.8. The Balaban J connectivity index is 1.69. The number of para-hydroxylation sites is 1. The predicted molar refractivity (Wildman–Crippen MR) is 203 cm³/mol. The van der Waals surface area contributed by atoms with Crippen LogP contribution in [0.2, 0.25) is 16.6 Å². The predicted octanol–water partition coefficient (Wildman–Crippen LogP) is 7.84. The van der Waals surface area contributed by atoms with Gasteiger partial charge in [-0.15, -0.1) is 0 Å². The third-order valence-corrected chi connectivity index (χ3v) is 18.6. The quantitative estimate of drug-likeness (QED) is 0.120. The molecule has 0 aromatic heterocycles. The zero-order valence-corrected chi connectivity index (χ0v) is 33.8. The summed E-state index contributed by atoms with van der Waals surface area (Å²) < 4.78 is 23.6. The molecule has 53 heavy (non-hydrogen) atoms. The molecule has 1 saturated heterocycles. The van der Waals surface area contributed by atoms with Crippen molar-refractivity contribution in [2.24, 2.45) is 5.92 Å². The van der Waals surface area contributed by atoms with Gasteiger partial charge in [0.15, 0.2) is 14.4 Å². The number of methoxy groups -OCH3 is 2. The first-order chi connectivity index (χ1) is 25.2. The molecule has 2 fully saturated rings. The van der Waals surface area contributed by atoms with Crippen LogP contribution < -0.4 is 4.90 Å². The number of esters is 2. The summed E-state index contributed by atoms with van der Waals surface area (Å²) in [6, 6.07) is 19.9. The van der Waals surface area contributed by atoms with Gasteiger partial charge in [-0.25, -0.2) is 9.59 Å². The van der Waals surface area contributed by atoms with Crippen LogP contribution in [0.1, 0.15) is 91.7 Å². The van der Waals surface area contributed by atoms with Gasteiger partial charge in [0.2, 0.25) is 0 Å². The Morgan fingerprint density at radius 3 is 2.13 bits per heavy atom. The summed E-state index contributed by atoms with van der Waals surface area (Å²) in [7, 11) is 0.287. The van der Waals surface area contributed by atoms with Crippen molar-refractivity contribution in [3.05, 3.63) is 65.7 Å². The van der Waals surface area contributed by atoms with Crippen molar-refractivity contribution in [3.63, 3.8) is 0 Å². The average Bonchev–Trinajstić information content (AvgIpc) is 3.60. The van der Waals surface area contributed by atoms with Crippen molar-refractivity contribution in [2.75, 3.05) is 32.3 Å². The fourth-order valence-electron chi connectivity index (χ4n) is 10.4. The van der Waals surface area contributed by atoms with Crippen LogP contribution in [0.15, 0.2) is 54.6 Å². The molecule has 2 aliphatic heterocycles. The molecule has 2 aromatic rings. The van der Waals surface area contributed by atoms with Crippen LogP contribution in [-0.2, 0) is 45.0 Å². The highest BCUT2D eigenvalue weighted by atomic mass is 28.4. The number of hydrogen-bond acceptors (Lipinski definition) is 10. The Hall–Kier alpha value is -3.76. The zero-order chi connectivity index (χ0) is 38.8. The molecule has 0 bridgehead atoms. The number of hydroxylamine groups is 2. The summed E-state index contributed by atoms with van der Waals surface area (Å²) in [6.07, 6.45) is -0.277. The Morgan fingerprint density at radius 1 is 0.906 bits per heavy atom. The lowest BCUT2D eigenvalue weighted by atomic mass is 9.53. The molecule has 1 saturated carbocycles. The number of amides is 1. The van der Waals surface area contributed by atoms with E-state index < -0.39 is 54.9 Å². The maximum atomic E-state index is 14.7. The van der Waals surface area contributed by atoms with Crippen molar-refractivity contribution in [3.8, 4) is 6.07 Å². The highest BCUT2D eigenvalue weighted by Gasteiger charge is 2.73. The number of nitriles is 1. The lowest BCUT2D eigenvalue weighted by Gasteiger charge is -2.56. The number of carbonyl (C=O) groups is 3. The Bertz CT molecular complexity index is 1660. The van der Waals surface area contributed by atoms with Crippen molar-refractivity contribution < 1.29 is 37.9 Å². The maximum Gasteiger partial charge on any atom is 0.414 e. The molecule has 2 spiro atoms. The molecule has 2 heterocycles. The van der Waals surface area contributed by atoms with Crippen molar-refractivity contribution in [1.82, 2.24) is 5.06 Å². The fourth-order valence-corrected chi connectivity index (χ4v) is 15.8. The van der Waals surface area contributed by atoms with E-state index in [4.69, 9.17) is 23.5 Å². The van der Waals surface area contributed by atoms with Gasteiger partial charge in [0.1, 0.15) is 5.41 Å². The third-order valence-electron chi connectivity index (χ3n) is 12.5. The Labute approximate surface area is 315 Å². The van der Waals surface area contributed by atoms with Gasteiger partial charge in [-0.3, -0.25) is 14.5 Å². The van der Waals surface area contributed by atoms with Crippen LogP contribution in [-0.4, -0.2) is 76.0 Å². The van der Waals surface area contributed by atoms with E-state index in [0.29, 0.717) is 40.8 Å². The minimum absolute atomic E-state index is 0.104. The summed E-state index contributed by atoms with van der Waals surface area (Å²) in [6.45, 7) is 15.8. The molecule has 3 aliphatic rings. The molecular formula is C41H57N3O8Si. The van der Waals surface area contributed by atoms with Crippen molar-refractivity contribution in [2.45, 2.75) is 126 Å². The van der Waals surface area contributed by atoms with Gasteiger partial charge < -0.3 is 18.6 Å². The zero-order valence-electron chi connectivity index (χ0n) is 32.8. The number of nitrogens with zero attached hydrogens (tertiary/aromatic N) is 3. The number of ether oxygens (including phenoxy) is 3. The second kappa shape index (κ2) is 15.9. The van der Waals surface area contributed by atoms with E-state index in [1.54, 1.807) is 11.8 Å². The van der Waals surface area contributed by atoms with Crippen LogP contribution in [0.4, 0.5) is 10.5 Å². The first kappa shape index (κ1) is 40.4. The van der Waals surface area contributed by atoms with Crippen LogP contribution in [0.3, 0.4) is 0 Å². The standard InChI is InChI=1S/C41H57N3O8Si/c1-10-50-36(45)33-24-39(25-35(37(46)48-8)52-43(39)26-31-16-12-11-13-17-31)20-21-41(33)40(27-42,22-23-51-53(28(2)3,29(4)5)30(6)7)32-18-14-15-19-34(32)44(41)38(47)49-9/h11-19,28-30,33,35H,10,20-26H2,1-9H3/t33-,35?,39-,40+,41-/m1/s1. The van der Waals surface area contributed by atoms with Crippen molar-refractivity contribution in [1.29, 1.82) is 5.26 Å². The lowest BCUT2D eigenvalue weighted by molar-refractivity contribution is -0.217. The second-order valence-corrected chi connectivity index (χ2v) is 21.2. The van der Waals surface area contributed by atoms with E-state index in [2.05, 4.69) is 47.6 Å². The molecule has 0 radical (unpaired) electrons. The normalized spacial score (nSPS) is 27.0. The molecular weight excluding hydrogens is 691 g/mol. The van der Waals surface area contributed by atoms with Crippen LogP contribution in [0.25, 0.3) is 0 Å². The number of fused-ring (bicyclic) bond motifs is 1. The third kappa shape index (κ3) is 6.57. The molecule has 288 valence electrons. The molecule has 11 nitrogen and oxygen atoms in total. The Kier molecular flexibility index (Phi) is 12.1. The van der Waals surface area contributed by atoms with Gasteiger partial charge in [-0.1, -0.05) is 90.1 Å². The molecule has 2 aromatic carbocycles. The minimum atomic E-state index is -2.36.